The largest absolute Gasteiger partial charge is 0.481 e. The summed E-state index contributed by atoms with van der Waals surface area (Å²) in [5.41, 5.74) is 0. The molecule has 19 heavy (non-hydrogen) atoms. The number of carboxylic acid groups (broad SMARTS) is 1. The zero-order chi connectivity index (χ0) is 13.8. The molecule has 2 aliphatic rings. The SMILES string of the molecule is CN(C(=O)N1CCCC(CC(=O)O)C1)C1CCCC1. The van der Waals surface area contributed by atoms with Crippen LogP contribution in [-0.4, -0.2) is 53.1 Å². The molecule has 1 heterocycles. The molecule has 1 aliphatic heterocycles. The van der Waals surface area contributed by atoms with Gasteiger partial charge in [0.1, 0.15) is 0 Å². The lowest BCUT2D eigenvalue weighted by Gasteiger charge is -2.36. The van der Waals surface area contributed by atoms with Gasteiger partial charge in [0.05, 0.1) is 0 Å². The van der Waals surface area contributed by atoms with Crippen molar-refractivity contribution in [1.82, 2.24) is 9.80 Å². The Kier molecular flexibility index (Phi) is 4.66. The summed E-state index contributed by atoms with van der Waals surface area (Å²) in [5, 5.41) is 8.86. The zero-order valence-electron chi connectivity index (χ0n) is 11.7. The van der Waals surface area contributed by atoms with Crippen LogP contribution in [0.5, 0.6) is 0 Å². The van der Waals surface area contributed by atoms with Gasteiger partial charge in [-0.3, -0.25) is 4.79 Å². The lowest BCUT2D eigenvalue weighted by molar-refractivity contribution is -0.138. The molecule has 1 atom stereocenters. The molecule has 5 heteroatoms. The number of piperidine rings is 1. The Morgan fingerprint density at radius 1 is 1.21 bits per heavy atom. The van der Waals surface area contributed by atoms with E-state index in [2.05, 4.69) is 0 Å². The Balaban J connectivity index is 1.88. The average molecular weight is 268 g/mol. The summed E-state index contributed by atoms with van der Waals surface area (Å²) < 4.78 is 0. The first-order valence-corrected chi connectivity index (χ1v) is 7.31. The van der Waals surface area contributed by atoms with E-state index >= 15 is 0 Å². The van der Waals surface area contributed by atoms with Crippen LogP contribution in [0.1, 0.15) is 44.9 Å². The Labute approximate surface area is 114 Å². The third-order valence-corrected chi connectivity index (χ3v) is 4.43. The van der Waals surface area contributed by atoms with E-state index in [9.17, 15) is 9.59 Å². The fourth-order valence-electron chi connectivity index (χ4n) is 3.32. The standard InChI is InChI=1S/C14H24N2O3/c1-15(12-6-2-3-7-12)14(19)16-8-4-5-11(10-16)9-13(17)18/h11-12H,2-10H2,1H3,(H,17,18). The predicted molar refractivity (Wildman–Crippen MR) is 72.0 cm³/mol. The van der Waals surface area contributed by atoms with E-state index in [0.29, 0.717) is 12.6 Å². The van der Waals surface area contributed by atoms with Crippen LogP contribution in [0.25, 0.3) is 0 Å². The van der Waals surface area contributed by atoms with Crippen LogP contribution in [0.3, 0.4) is 0 Å². The molecule has 1 unspecified atom stereocenters. The Hall–Kier alpha value is -1.26. The molecule has 0 radical (unpaired) electrons. The van der Waals surface area contributed by atoms with Crippen LogP contribution in [0.2, 0.25) is 0 Å². The lowest BCUT2D eigenvalue weighted by Crippen LogP contribution is -2.49. The average Bonchev–Trinajstić information content (AvgIpc) is 2.90. The predicted octanol–water partition coefficient (Wildman–Crippen LogP) is 2.17. The fraction of sp³-hybridized carbons (Fsp3) is 0.857. The van der Waals surface area contributed by atoms with E-state index in [0.717, 1.165) is 32.2 Å². The maximum Gasteiger partial charge on any atom is 0.319 e. The maximum absolute atomic E-state index is 12.4. The Morgan fingerprint density at radius 3 is 2.53 bits per heavy atom. The van der Waals surface area contributed by atoms with Gasteiger partial charge in [0.15, 0.2) is 0 Å². The lowest BCUT2D eigenvalue weighted by atomic mass is 9.95. The third-order valence-electron chi connectivity index (χ3n) is 4.43. The van der Waals surface area contributed by atoms with Crippen molar-refractivity contribution in [2.75, 3.05) is 20.1 Å². The second kappa shape index (κ2) is 6.26. The molecule has 2 amide bonds. The van der Waals surface area contributed by atoms with E-state index in [1.54, 1.807) is 0 Å². The quantitative estimate of drug-likeness (QED) is 0.853. The Bertz CT molecular complexity index is 340. The number of aliphatic carboxylic acids is 1. The van der Waals surface area contributed by atoms with Crippen LogP contribution < -0.4 is 0 Å². The first-order valence-electron chi connectivity index (χ1n) is 7.31. The van der Waals surface area contributed by atoms with Gasteiger partial charge in [-0.2, -0.15) is 0 Å². The van der Waals surface area contributed by atoms with Crippen molar-refractivity contribution in [3.8, 4) is 0 Å². The van der Waals surface area contributed by atoms with Gasteiger partial charge in [0.25, 0.3) is 0 Å². The summed E-state index contributed by atoms with van der Waals surface area (Å²) >= 11 is 0. The van der Waals surface area contributed by atoms with Crippen molar-refractivity contribution in [2.24, 2.45) is 5.92 Å². The molecule has 0 spiro atoms. The molecule has 108 valence electrons. The number of nitrogens with zero attached hydrogens (tertiary/aromatic N) is 2. The summed E-state index contributed by atoms with van der Waals surface area (Å²) in [6.45, 7) is 1.37. The normalized spacial score (nSPS) is 24.5. The molecule has 1 saturated heterocycles. The molecule has 2 rings (SSSR count). The number of carbonyl (C=O) groups is 2. The van der Waals surface area contributed by atoms with Crippen molar-refractivity contribution in [2.45, 2.75) is 51.0 Å². The van der Waals surface area contributed by atoms with Crippen LogP contribution in [0.4, 0.5) is 4.79 Å². The van der Waals surface area contributed by atoms with Crippen molar-refractivity contribution in [3.05, 3.63) is 0 Å². The summed E-state index contributed by atoms with van der Waals surface area (Å²) in [7, 11) is 1.89. The summed E-state index contributed by atoms with van der Waals surface area (Å²) in [6, 6.07) is 0.467. The van der Waals surface area contributed by atoms with Gasteiger partial charge in [0.2, 0.25) is 0 Å². The molecule has 2 fully saturated rings. The highest BCUT2D eigenvalue weighted by atomic mass is 16.4. The third kappa shape index (κ3) is 3.61. The zero-order valence-corrected chi connectivity index (χ0v) is 11.7. The van der Waals surface area contributed by atoms with E-state index in [1.165, 1.54) is 12.8 Å². The number of carbonyl (C=O) groups excluding carboxylic acids is 1. The minimum atomic E-state index is -0.761. The summed E-state index contributed by atoms with van der Waals surface area (Å²) in [6.07, 6.45) is 6.65. The number of hydrogen-bond acceptors (Lipinski definition) is 2. The molecular weight excluding hydrogens is 244 g/mol. The molecule has 1 N–H and O–H groups in total. The number of rotatable bonds is 3. The second-order valence-electron chi connectivity index (χ2n) is 5.88. The molecule has 1 aliphatic carbocycles. The number of hydrogen-bond donors (Lipinski definition) is 1. The maximum atomic E-state index is 12.4. The Morgan fingerprint density at radius 2 is 1.89 bits per heavy atom. The van der Waals surface area contributed by atoms with Crippen LogP contribution >= 0.6 is 0 Å². The fourth-order valence-corrected chi connectivity index (χ4v) is 3.32. The highest BCUT2D eigenvalue weighted by molar-refractivity contribution is 5.75. The van der Waals surface area contributed by atoms with Crippen LogP contribution in [0.15, 0.2) is 0 Å². The molecule has 5 nitrogen and oxygen atoms in total. The minimum Gasteiger partial charge on any atom is -0.481 e. The van der Waals surface area contributed by atoms with E-state index in [-0.39, 0.29) is 18.4 Å². The summed E-state index contributed by atoms with van der Waals surface area (Å²) in [5.74, 6) is -0.643. The highest BCUT2D eigenvalue weighted by Crippen LogP contribution is 2.25. The number of likely N-dealkylation sites (tertiary alicyclic amines) is 1. The van der Waals surface area contributed by atoms with Crippen molar-refractivity contribution in [3.63, 3.8) is 0 Å². The smallest absolute Gasteiger partial charge is 0.319 e. The van der Waals surface area contributed by atoms with Crippen molar-refractivity contribution >= 4 is 12.0 Å². The van der Waals surface area contributed by atoms with Crippen molar-refractivity contribution in [1.29, 1.82) is 0 Å². The van der Waals surface area contributed by atoms with E-state index in [4.69, 9.17) is 5.11 Å². The van der Waals surface area contributed by atoms with Gasteiger partial charge in [0, 0.05) is 32.6 Å². The molecule has 0 aromatic rings. The monoisotopic (exact) mass is 268 g/mol. The number of urea groups is 1. The number of carboxylic acids is 1. The number of amides is 2. The molecule has 0 bridgehead atoms. The van der Waals surface area contributed by atoms with Crippen LogP contribution in [-0.2, 0) is 4.79 Å². The second-order valence-corrected chi connectivity index (χ2v) is 5.88. The van der Waals surface area contributed by atoms with Gasteiger partial charge in [-0.15, -0.1) is 0 Å². The van der Waals surface area contributed by atoms with Gasteiger partial charge < -0.3 is 14.9 Å². The first kappa shape index (κ1) is 14.2. The molecule has 1 saturated carbocycles. The van der Waals surface area contributed by atoms with Crippen molar-refractivity contribution < 1.29 is 14.7 Å². The summed E-state index contributed by atoms with van der Waals surface area (Å²) in [4.78, 5) is 26.9. The molecular formula is C14H24N2O3. The van der Waals surface area contributed by atoms with Gasteiger partial charge >= 0.3 is 12.0 Å². The van der Waals surface area contributed by atoms with E-state index in [1.807, 2.05) is 16.8 Å². The molecule has 0 aromatic heterocycles. The van der Waals surface area contributed by atoms with Gasteiger partial charge in [-0.05, 0) is 31.6 Å². The highest BCUT2D eigenvalue weighted by Gasteiger charge is 2.30. The molecule has 0 aromatic carbocycles. The van der Waals surface area contributed by atoms with Crippen LogP contribution in [0, 0.1) is 5.92 Å². The first-order chi connectivity index (χ1) is 9.08. The van der Waals surface area contributed by atoms with Gasteiger partial charge in [-0.1, -0.05) is 12.8 Å². The van der Waals surface area contributed by atoms with Gasteiger partial charge in [-0.25, -0.2) is 4.79 Å². The topological polar surface area (TPSA) is 60.9 Å². The van der Waals surface area contributed by atoms with E-state index < -0.39 is 5.97 Å². The minimum absolute atomic E-state index is 0.0852.